The molecule has 0 unspecified atom stereocenters. The second-order valence-corrected chi connectivity index (χ2v) is 4.89. The van der Waals surface area contributed by atoms with Crippen molar-refractivity contribution in [2.75, 3.05) is 13.1 Å². The summed E-state index contributed by atoms with van der Waals surface area (Å²) in [6, 6.07) is 4.57. The molecule has 0 saturated heterocycles. The van der Waals surface area contributed by atoms with Crippen LogP contribution in [0.3, 0.4) is 0 Å². The van der Waals surface area contributed by atoms with Crippen molar-refractivity contribution in [1.29, 1.82) is 0 Å². The van der Waals surface area contributed by atoms with Crippen LogP contribution in [0, 0.1) is 5.82 Å². The number of nitrogens with two attached hydrogens (primary N) is 1. The zero-order valence-electron chi connectivity index (χ0n) is 10.2. The highest BCUT2D eigenvalue weighted by Gasteiger charge is 2.10. The average Bonchev–Trinajstić information content (AvgIpc) is 2.34. The molecule has 1 aromatic carbocycles. The van der Waals surface area contributed by atoms with Gasteiger partial charge in [-0.1, -0.05) is 28.0 Å². The fraction of sp³-hybridized carbons (Fsp3) is 0.417. The van der Waals surface area contributed by atoms with Gasteiger partial charge in [0.25, 0.3) is 0 Å². The number of oxime groups is 1. The van der Waals surface area contributed by atoms with E-state index in [9.17, 15) is 4.39 Å². The molecule has 18 heavy (non-hydrogen) atoms. The first-order valence-corrected chi connectivity index (χ1v) is 6.48. The zero-order valence-corrected chi connectivity index (χ0v) is 11.8. The summed E-state index contributed by atoms with van der Waals surface area (Å²) in [4.78, 5) is 1.99. The van der Waals surface area contributed by atoms with E-state index in [0.717, 1.165) is 23.0 Å². The van der Waals surface area contributed by atoms with E-state index in [2.05, 4.69) is 21.1 Å². The van der Waals surface area contributed by atoms with Gasteiger partial charge in [-0.2, -0.15) is 0 Å². The molecule has 0 heterocycles. The molecule has 4 nitrogen and oxygen atoms in total. The van der Waals surface area contributed by atoms with Crippen LogP contribution >= 0.6 is 15.9 Å². The maximum absolute atomic E-state index is 13.2. The standard InChI is InChI=1S/C12H17BrFN3O/c1-2-5-17(8-12(15)16-18)7-9-6-10(14)3-4-11(9)13/h3-4,6,18H,2,5,7-8H2,1H3,(H2,15,16). The molecule has 6 heteroatoms. The lowest BCUT2D eigenvalue weighted by molar-refractivity contribution is 0.285. The Hall–Kier alpha value is -1.14. The van der Waals surface area contributed by atoms with Crippen molar-refractivity contribution in [3.63, 3.8) is 0 Å². The summed E-state index contributed by atoms with van der Waals surface area (Å²) >= 11 is 3.39. The molecule has 0 atom stereocenters. The predicted molar refractivity (Wildman–Crippen MR) is 73.1 cm³/mol. The van der Waals surface area contributed by atoms with Crippen molar-refractivity contribution in [1.82, 2.24) is 4.90 Å². The Balaban J connectivity index is 2.79. The molecule has 100 valence electrons. The topological polar surface area (TPSA) is 61.8 Å². The van der Waals surface area contributed by atoms with Crippen LogP contribution in [0.5, 0.6) is 0 Å². The van der Waals surface area contributed by atoms with Gasteiger partial charge in [-0.05, 0) is 36.7 Å². The van der Waals surface area contributed by atoms with E-state index in [-0.39, 0.29) is 11.7 Å². The molecular weight excluding hydrogens is 301 g/mol. The van der Waals surface area contributed by atoms with Crippen molar-refractivity contribution in [2.24, 2.45) is 10.9 Å². The molecule has 0 radical (unpaired) electrons. The molecule has 0 fully saturated rings. The summed E-state index contributed by atoms with van der Waals surface area (Å²) < 4.78 is 14.0. The maximum atomic E-state index is 13.2. The fourth-order valence-corrected chi connectivity index (χ4v) is 2.07. The van der Waals surface area contributed by atoms with E-state index < -0.39 is 0 Å². The third kappa shape index (κ3) is 4.62. The number of hydrogen-bond acceptors (Lipinski definition) is 3. The second kappa shape index (κ2) is 7.33. The number of halogens is 2. The van der Waals surface area contributed by atoms with Gasteiger partial charge in [-0.3, -0.25) is 4.90 Å². The highest BCUT2D eigenvalue weighted by Crippen LogP contribution is 2.19. The minimum Gasteiger partial charge on any atom is -0.409 e. The predicted octanol–water partition coefficient (Wildman–Crippen LogP) is 2.55. The van der Waals surface area contributed by atoms with Crippen LogP contribution in [0.1, 0.15) is 18.9 Å². The van der Waals surface area contributed by atoms with Gasteiger partial charge in [0.05, 0.1) is 6.54 Å². The van der Waals surface area contributed by atoms with Crippen molar-refractivity contribution < 1.29 is 9.60 Å². The Labute approximate surface area is 114 Å². The van der Waals surface area contributed by atoms with E-state index in [0.29, 0.717) is 13.1 Å². The molecule has 0 aliphatic rings. The van der Waals surface area contributed by atoms with E-state index in [1.807, 2.05) is 11.8 Å². The molecule has 0 bridgehead atoms. The number of hydrogen-bond donors (Lipinski definition) is 2. The number of amidine groups is 1. The third-order valence-electron chi connectivity index (χ3n) is 2.46. The van der Waals surface area contributed by atoms with Gasteiger partial charge in [0.2, 0.25) is 0 Å². The summed E-state index contributed by atoms with van der Waals surface area (Å²) in [6.45, 7) is 3.73. The van der Waals surface area contributed by atoms with Crippen molar-refractivity contribution in [2.45, 2.75) is 19.9 Å². The molecule has 1 aromatic rings. The minimum atomic E-state index is -0.270. The van der Waals surface area contributed by atoms with Crippen LogP contribution in [-0.4, -0.2) is 29.0 Å². The van der Waals surface area contributed by atoms with Crippen molar-refractivity contribution in [3.8, 4) is 0 Å². The normalized spacial score (nSPS) is 12.1. The Morgan fingerprint density at radius 3 is 2.89 bits per heavy atom. The molecule has 1 rings (SSSR count). The van der Waals surface area contributed by atoms with Gasteiger partial charge in [0.15, 0.2) is 5.84 Å². The number of nitrogens with zero attached hydrogens (tertiary/aromatic N) is 2. The van der Waals surface area contributed by atoms with Gasteiger partial charge in [-0.15, -0.1) is 0 Å². The van der Waals surface area contributed by atoms with Gasteiger partial charge in [0.1, 0.15) is 5.82 Å². The Kier molecular flexibility index (Phi) is 6.07. The Bertz CT molecular complexity index is 426. The van der Waals surface area contributed by atoms with E-state index in [4.69, 9.17) is 10.9 Å². The number of rotatable bonds is 6. The lowest BCUT2D eigenvalue weighted by Crippen LogP contribution is -2.34. The summed E-state index contributed by atoms with van der Waals surface area (Å²) in [5.74, 6) is -0.121. The van der Waals surface area contributed by atoms with E-state index in [1.54, 1.807) is 6.07 Å². The summed E-state index contributed by atoms with van der Waals surface area (Å²) in [6.07, 6.45) is 0.936. The first-order valence-electron chi connectivity index (χ1n) is 5.69. The van der Waals surface area contributed by atoms with Gasteiger partial charge < -0.3 is 10.9 Å². The van der Waals surface area contributed by atoms with Crippen molar-refractivity contribution in [3.05, 3.63) is 34.1 Å². The van der Waals surface area contributed by atoms with Crippen LogP contribution in [0.15, 0.2) is 27.8 Å². The zero-order chi connectivity index (χ0) is 13.5. The van der Waals surface area contributed by atoms with Crippen molar-refractivity contribution >= 4 is 21.8 Å². The number of benzene rings is 1. The molecule has 0 spiro atoms. The largest absolute Gasteiger partial charge is 0.409 e. The Morgan fingerprint density at radius 2 is 2.28 bits per heavy atom. The van der Waals surface area contributed by atoms with Gasteiger partial charge in [-0.25, -0.2) is 4.39 Å². The summed E-state index contributed by atoms with van der Waals surface area (Å²) in [5.41, 5.74) is 6.34. The smallest absolute Gasteiger partial charge is 0.153 e. The molecule has 0 saturated carbocycles. The van der Waals surface area contributed by atoms with Gasteiger partial charge in [0, 0.05) is 11.0 Å². The van der Waals surface area contributed by atoms with E-state index >= 15 is 0 Å². The highest BCUT2D eigenvalue weighted by atomic mass is 79.9. The molecule has 0 aliphatic heterocycles. The van der Waals surface area contributed by atoms with Gasteiger partial charge >= 0.3 is 0 Å². The quantitative estimate of drug-likeness (QED) is 0.367. The first kappa shape index (κ1) is 14.9. The Morgan fingerprint density at radius 1 is 1.56 bits per heavy atom. The van der Waals surface area contributed by atoms with Crippen LogP contribution in [-0.2, 0) is 6.54 Å². The third-order valence-corrected chi connectivity index (χ3v) is 3.23. The lowest BCUT2D eigenvalue weighted by Gasteiger charge is -2.21. The highest BCUT2D eigenvalue weighted by molar-refractivity contribution is 9.10. The van der Waals surface area contributed by atoms with Crippen LogP contribution < -0.4 is 5.73 Å². The summed E-state index contributed by atoms with van der Waals surface area (Å²) in [7, 11) is 0. The fourth-order valence-electron chi connectivity index (χ4n) is 1.70. The van der Waals surface area contributed by atoms with E-state index in [1.165, 1.54) is 12.1 Å². The first-order chi connectivity index (χ1) is 8.56. The molecule has 0 aliphatic carbocycles. The summed E-state index contributed by atoms with van der Waals surface area (Å²) in [5, 5.41) is 11.5. The average molecular weight is 318 g/mol. The molecular formula is C12H17BrFN3O. The SMILES string of the molecule is CCCN(CC(N)=NO)Cc1cc(F)ccc1Br. The van der Waals surface area contributed by atoms with Crippen LogP contribution in [0.25, 0.3) is 0 Å². The second-order valence-electron chi connectivity index (χ2n) is 4.04. The van der Waals surface area contributed by atoms with Crippen LogP contribution in [0.2, 0.25) is 0 Å². The monoisotopic (exact) mass is 317 g/mol. The molecule has 0 aromatic heterocycles. The lowest BCUT2D eigenvalue weighted by atomic mass is 10.2. The maximum Gasteiger partial charge on any atom is 0.153 e. The molecule has 3 N–H and O–H groups in total. The minimum absolute atomic E-state index is 0.149. The molecule has 0 amide bonds. The van der Waals surface area contributed by atoms with Crippen LogP contribution in [0.4, 0.5) is 4.39 Å².